The zero-order valence-electron chi connectivity index (χ0n) is 24.3. The van der Waals surface area contributed by atoms with Gasteiger partial charge in [-0.3, -0.25) is 4.79 Å². The molecule has 38 heavy (non-hydrogen) atoms. The maximum absolute atomic E-state index is 14.3. The van der Waals surface area contributed by atoms with E-state index in [1.807, 2.05) is 60.7 Å². The lowest BCUT2D eigenvalue weighted by Gasteiger charge is -2.37. The molecule has 0 aliphatic heterocycles. The average Bonchev–Trinajstić information content (AvgIpc) is 2.96. The van der Waals surface area contributed by atoms with Gasteiger partial charge in [0.2, 0.25) is 5.78 Å². The fourth-order valence-electron chi connectivity index (χ4n) is 5.58. The van der Waals surface area contributed by atoms with Gasteiger partial charge in [-0.1, -0.05) is 164 Å². The molecule has 0 aliphatic rings. The van der Waals surface area contributed by atoms with Crippen molar-refractivity contribution < 1.29 is 15.0 Å². The number of benzene rings is 2. The van der Waals surface area contributed by atoms with Crippen molar-refractivity contribution in [3.63, 3.8) is 0 Å². The van der Waals surface area contributed by atoms with Crippen LogP contribution in [0.5, 0.6) is 0 Å². The summed E-state index contributed by atoms with van der Waals surface area (Å²) in [5.41, 5.74) is -2.26. The van der Waals surface area contributed by atoms with Gasteiger partial charge in [-0.05, 0) is 36.8 Å². The average molecular weight is 523 g/mol. The van der Waals surface area contributed by atoms with Crippen LogP contribution in [-0.4, -0.2) is 16.0 Å². The van der Waals surface area contributed by atoms with Crippen molar-refractivity contribution in [2.75, 3.05) is 0 Å². The van der Waals surface area contributed by atoms with Gasteiger partial charge in [-0.2, -0.15) is 0 Å². The number of Topliss-reactive ketones (excluding diaryl/α,β-unsaturated/α-hetero) is 1. The highest BCUT2D eigenvalue weighted by molar-refractivity contribution is 5.96. The lowest BCUT2D eigenvalue weighted by molar-refractivity contribution is -0.161. The molecule has 2 N–H and O–H groups in total. The van der Waals surface area contributed by atoms with E-state index in [9.17, 15) is 15.0 Å². The van der Waals surface area contributed by atoms with Crippen molar-refractivity contribution >= 4 is 5.78 Å². The van der Waals surface area contributed by atoms with Crippen molar-refractivity contribution in [1.29, 1.82) is 0 Å². The fraction of sp³-hybridized carbons (Fsp3) is 0.629. The third-order valence-electron chi connectivity index (χ3n) is 8.04. The van der Waals surface area contributed by atoms with Crippen LogP contribution in [0, 0.1) is 0 Å². The quantitative estimate of drug-likeness (QED) is 0.151. The van der Waals surface area contributed by atoms with E-state index in [-0.39, 0.29) is 0 Å². The molecule has 0 spiro atoms. The second-order valence-electron chi connectivity index (χ2n) is 11.2. The van der Waals surface area contributed by atoms with Crippen molar-refractivity contribution in [3.8, 4) is 0 Å². The minimum atomic E-state index is -1.71. The molecule has 2 unspecified atom stereocenters. The van der Waals surface area contributed by atoms with Gasteiger partial charge >= 0.3 is 0 Å². The summed E-state index contributed by atoms with van der Waals surface area (Å²) in [6, 6.07) is 18.5. The molecular formula is C35H54O3. The van der Waals surface area contributed by atoms with Gasteiger partial charge < -0.3 is 10.2 Å². The largest absolute Gasteiger partial charge is 0.377 e. The second kappa shape index (κ2) is 18.3. The van der Waals surface area contributed by atoms with Crippen LogP contribution < -0.4 is 0 Å². The zero-order valence-corrected chi connectivity index (χ0v) is 24.3. The molecule has 0 fully saturated rings. The summed E-state index contributed by atoms with van der Waals surface area (Å²) in [6.45, 7) is 4.46. The molecule has 0 bridgehead atoms. The number of ketones is 1. The van der Waals surface area contributed by atoms with E-state index < -0.39 is 17.0 Å². The molecule has 2 atom stereocenters. The molecule has 212 valence electrons. The first-order chi connectivity index (χ1) is 18.5. The summed E-state index contributed by atoms with van der Waals surface area (Å²) in [5.74, 6) is -0.478. The van der Waals surface area contributed by atoms with Crippen LogP contribution in [-0.2, 0) is 16.0 Å². The van der Waals surface area contributed by atoms with Gasteiger partial charge in [0.1, 0.15) is 0 Å². The van der Waals surface area contributed by atoms with E-state index in [4.69, 9.17) is 0 Å². The minimum absolute atomic E-state index is 0.331. The van der Waals surface area contributed by atoms with Crippen molar-refractivity contribution in [2.24, 2.45) is 0 Å². The first-order valence-corrected chi connectivity index (χ1v) is 15.6. The van der Waals surface area contributed by atoms with Gasteiger partial charge in [-0.15, -0.1) is 0 Å². The molecule has 3 heteroatoms. The third-order valence-corrected chi connectivity index (χ3v) is 8.04. The van der Waals surface area contributed by atoms with Gasteiger partial charge in [0.25, 0.3) is 0 Å². The van der Waals surface area contributed by atoms with Gasteiger partial charge in [0, 0.05) is 0 Å². The Balaban J connectivity index is 2.13. The maximum Gasteiger partial charge on any atom is 0.204 e. The molecular weight excluding hydrogens is 468 g/mol. The van der Waals surface area contributed by atoms with Crippen LogP contribution >= 0.6 is 0 Å². The molecule has 0 aliphatic carbocycles. The first-order valence-electron chi connectivity index (χ1n) is 15.6. The lowest BCUT2D eigenvalue weighted by atomic mass is 9.73. The van der Waals surface area contributed by atoms with Crippen LogP contribution in [0.1, 0.15) is 141 Å². The Morgan fingerprint density at radius 2 is 0.789 bits per heavy atom. The number of hydrogen-bond acceptors (Lipinski definition) is 3. The summed E-state index contributed by atoms with van der Waals surface area (Å²) in [6.07, 6.45) is 18.9. The predicted octanol–water partition coefficient (Wildman–Crippen LogP) is 9.39. The Bertz CT molecular complexity index is 794. The van der Waals surface area contributed by atoms with Crippen molar-refractivity contribution in [2.45, 2.75) is 141 Å². The first kappa shape index (κ1) is 32.2. The highest BCUT2D eigenvalue weighted by Crippen LogP contribution is 2.39. The minimum Gasteiger partial charge on any atom is -0.377 e. The molecule has 3 nitrogen and oxygen atoms in total. The van der Waals surface area contributed by atoms with Crippen LogP contribution in [0.25, 0.3) is 0 Å². The van der Waals surface area contributed by atoms with Crippen molar-refractivity contribution in [3.05, 3.63) is 71.8 Å². The molecule has 0 aromatic heterocycles. The fourth-order valence-corrected chi connectivity index (χ4v) is 5.58. The van der Waals surface area contributed by atoms with E-state index in [2.05, 4.69) is 13.8 Å². The van der Waals surface area contributed by atoms with E-state index in [1.54, 1.807) is 0 Å². The number of carbonyl (C=O) groups excluding carboxylic acids is 1. The van der Waals surface area contributed by atoms with E-state index in [0.29, 0.717) is 24.0 Å². The Kier molecular flexibility index (Phi) is 15.6. The van der Waals surface area contributed by atoms with Gasteiger partial charge in [-0.25, -0.2) is 0 Å². The van der Waals surface area contributed by atoms with Gasteiger partial charge in [0.05, 0.1) is 0 Å². The molecule has 2 aromatic rings. The summed E-state index contributed by atoms with van der Waals surface area (Å²) in [7, 11) is 0. The number of rotatable bonds is 22. The van der Waals surface area contributed by atoms with E-state index >= 15 is 0 Å². The summed E-state index contributed by atoms with van der Waals surface area (Å²) in [4.78, 5) is 14.3. The van der Waals surface area contributed by atoms with Crippen LogP contribution in [0.4, 0.5) is 0 Å². The summed E-state index contributed by atoms with van der Waals surface area (Å²) >= 11 is 0. The normalized spacial score (nSPS) is 14.6. The molecule has 2 aromatic carbocycles. The molecule has 0 heterocycles. The van der Waals surface area contributed by atoms with E-state index in [1.165, 1.54) is 64.2 Å². The number of carbonyl (C=O) groups is 1. The van der Waals surface area contributed by atoms with Gasteiger partial charge in [0.15, 0.2) is 11.2 Å². The van der Waals surface area contributed by atoms with E-state index in [0.717, 1.165) is 38.5 Å². The lowest BCUT2D eigenvalue weighted by Crippen LogP contribution is -2.49. The highest BCUT2D eigenvalue weighted by atomic mass is 16.3. The molecule has 0 saturated carbocycles. The Labute approximate surface area is 233 Å². The second-order valence-corrected chi connectivity index (χ2v) is 11.2. The molecule has 0 amide bonds. The Hall–Kier alpha value is -1.97. The maximum atomic E-state index is 14.3. The highest BCUT2D eigenvalue weighted by Gasteiger charge is 2.49. The Morgan fingerprint density at radius 1 is 0.500 bits per heavy atom. The molecule has 0 radical (unpaired) electrons. The SMILES string of the molecule is CCCCCCCCCCC(O)(C(=O)C(O)(CCCCCCCCCC)c1ccccc1)c1ccccc1. The number of unbranched alkanes of at least 4 members (excludes halogenated alkanes) is 14. The standard InChI is InChI=1S/C35H54O3/c1-3-5-7-9-11-13-15-23-29-34(37,31-25-19-17-20-26-31)33(36)35(38,32-27-21-18-22-28-32)30-24-16-14-12-10-8-6-4-2/h17-22,25-28,37-38H,3-16,23-24,29-30H2,1-2H3. The van der Waals surface area contributed by atoms with Crippen molar-refractivity contribution in [1.82, 2.24) is 0 Å². The molecule has 0 saturated heterocycles. The smallest absolute Gasteiger partial charge is 0.204 e. The zero-order chi connectivity index (χ0) is 27.5. The topological polar surface area (TPSA) is 57.5 Å². The van der Waals surface area contributed by atoms with Crippen LogP contribution in [0.15, 0.2) is 60.7 Å². The third kappa shape index (κ3) is 10.3. The monoisotopic (exact) mass is 522 g/mol. The Morgan fingerprint density at radius 3 is 1.11 bits per heavy atom. The summed E-state index contributed by atoms with van der Waals surface area (Å²) in [5, 5.41) is 24.1. The number of aliphatic hydroxyl groups is 2. The molecule has 2 rings (SSSR count). The number of hydrogen-bond donors (Lipinski definition) is 2. The van der Waals surface area contributed by atoms with Crippen LogP contribution in [0.3, 0.4) is 0 Å². The van der Waals surface area contributed by atoms with Crippen LogP contribution in [0.2, 0.25) is 0 Å². The summed E-state index contributed by atoms with van der Waals surface area (Å²) < 4.78 is 0. The predicted molar refractivity (Wildman–Crippen MR) is 160 cm³/mol.